The van der Waals surface area contributed by atoms with Crippen LogP contribution in [0.15, 0.2) is 11.6 Å². The Bertz CT molecular complexity index is 251. The fourth-order valence-corrected chi connectivity index (χ4v) is 2.64. The van der Waals surface area contributed by atoms with Crippen LogP contribution in [-0.4, -0.2) is 51.8 Å². The molecule has 1 rings (SSSR count). The van der Waals surface area contributed by atoms with E-state index in [1.165, 1.54) is 12.8 Å². The summed E-state index contributed by atoms with van der Waals surface area (Å²) in [6, 6.07) is 0. The van der Waals surface area contributed by atoms with Crippen molar-refractivity contribution in [3.8, 4) is 0 Å². The lowest BCUT2D eigenvalue weighted by Gasteiger charge is -2.25. The lowest BCUT2D eigenvalue weighted by Crippen LogP contribution is -2.29. The second-order valence-corrected chi connectivity index (χ2v) is 5.92. The molecule has 0 bridgehead atoms. The number of likely N-dealkylation sites (N-methyl/N-ethyl adjacent to an activating group) is 1. The molecule has 0 aliphatic heterocycles. The number of hydrogen-bond acceptors (Lipinski definition) is 3. The van der Waals surface area contributed by atoms with Crippen LogP contribution >= 0.6 is 0 Å². The van der Waals surface area contributed by atoms with Crippen LogP contribution in [0.1, 0.15) is 26.7 Å². The first kappa shape index (κ1) is 15.7. The van der Waals surface area contributed by atoms with Gasteiger partial charge in [0.2, 0.25) is 0 Å². The molecule has 2 atom stereocenters. The predicted molar refractivity (Wildman–Crippen MR) is 77.9 cm³/mol. The number of hydrogen-bond donors (Lipinski definition) is 1. The number of rotatable bonds is 8. The lowest BCUT2D eigenvalue weighted by molar-refractivity contribution is 0.118. The lowest BCUT2D eigenvalue weighted by atomic mass is 9.84. The van der Waals surface area contributed by atoms with E-state index in [0.717, 1.165) is 44.7 Å². The molecule has 3 heteroatoms. The average molecular weight is 254 g/mol. The molecule has 18 heavy (non-hydrogen) atoms. The topological polar surface area (TPSA) is 24.5 Å². The number of nitrogens with zero attached hydrogens (tertiary/aromatic N) is 1. The maximum Gasteiger partial charge on any atom is 0.0593 e. The maximum absolute atomic E-state index is 5.56. The zero-order valence-corrected chi connectivity index (χ0v) is 12.5. The van der Waals surface area contributed by atoms with Crippen LogP contribution in [0.4, 0.5) is 0 Å². The highest BCUT2D eigenvalue weighted by atomic mass is 16.5. The molecule has 2 unspecified atom stereocenters. The van der Waals surface area contributed by atoms with Crippen molar-refractivity contribution in [1.29, 1.82) is 0 Å². The van der Waals surface area contributed by atoms with Crippen molar-refractivity contribution < 1.29 is 4.74 Å². The van der Waals surface area contributed by atoms with E-state index in [9.17, 15) is 0 Å². The van der Waals surface area contributed by atoms with Crippen molar-refractivity contribution in [1.82, 2.24) is 10.2 Å². The molecule has 1 N–H and O–H groups in total. The second-order valence-electron chi connectivity index (χ2n) is 5.92. The molecule has 0 saturated heterocycles. The van der Waals surface area contributed by atoms with Crippen molar-refractivity contribution in [2.75, 3.05) is 46.9 Å². The van der Waals surface area contributed by atoms with Gasteiger partial charge in [-0.15, -0.1) is 0 Å². The van der Waals surface area contributed by atoms with Gasteiger partial charge in [0, 0.05) is 13.1 Å². The summed E-state index contributed by atoms with van der Waals surface area (Å²) in [5.74, 6) is 1.56. The molecule has 0 aromatic carbocycles. The smallest absolute Gasteiger partial charge is 0.0593 e. The van der Waals surface area contributed by atoms with E-state index in [4.69, 9.17) is 4.74 Å². The molecule has 0 aromatic rings. The molecule has 0 aromatic heterocycles. The van der Waals surface area contributed by atoms with Crippen molar-refractivity contribution in [3.63, 3.8) is 0 Å². The van der Waals surface area contributed by atoms with Crippen LogP contribution in [0.5, 0.6) is 0 Å². The molecular formula is C15H30N2O. The van der Waals surface area contributed by atoms with Crippen molar-refractivity contribution >= 4 is 0 Å². The van der Waals surface area contributed by atoms with Crippen LogP contribution in [0.3, 0.4) is 0 Å². The minimum atomic E-state index is 0.752. The third kappa shape index (κ3) is 7.14. The summed E-state index contributed by atoms with van der Waals surface area (Å²) in [5, 5.41) is 3.52. The molecule has 3 nitrogen and oxygen atoms in total. The fraction of sp³-hybridized carbons (Fsp3) is 0.867. The Morgan fingerprint density at radius 3 is 2.83 bits per heavy atom. The van der Waals surface area contributed by atoms with Gasteiger partial charge in [-0.25, -0.2) is 0 Å². The highest BCUT2D eigenvalue weighted by Crippen LogP contribution is 2.26. The van der Waals surface area contributed by atoms with E-state index in [0.29, 0.717) is 0 Å². The van der Waals surface area contributed by atoms with E-state index in [-0.39, 0.29) is 0 Å². The van der Waals surface area contributed by atoms with Gasteiger partial charge in [0.15, 0.2) is 0 Å². The third-order valence-electron chi connectivity index (χ3n) is 3.42. The molecular weight excluding hydrogens is 224 g/mol. The van der Waals surface area contributed by atoms with Crippen LogP contribution in [0.2, 0.25) is 0 Å². The van der Waals surface area contributed by atoms with E-state index in [1.54, 1.807) is 5.57 Å². The van der Waals surface area contributed by atoms with Crippen molar-refractivity contribution in [2.24, 2.45) is 11.8 Å². The molecule has 0 heterocycles. The molecule has 0 amide bonds. The molecule has 1 aliphatic rings. The fourth-order valence-electron chi connectivity index (χ4n) is 2.64. The first-order valence-electron chi connectivity index (χ1n) is 7.18. The van der Waals surface area contributed by atoms with Gasteiger partial charge in [0.1, 0.15) is 0 Å². The number of allylic oxidation sites excluding steroid dienone is 2. The zero-order chi connectivity index (χ0) is 13.4. The normalized spacial score (nSPS) is 24.4. The highest BCUT2D eigenvalue weighted by Gasteiger charge is 2.17. The van der Waals surface area contributed by atoms with Gasteiger partial charge in [-0.2, -0.15) is 0 Å². The quantitative estimate of drug-likeness (QED) is 0.530. The summed E-state index contributed by atoms with van der Waals surface area (Å²) in [7, 11) is 4.14. The summed E-state index contributed by atoms with van der Waals surface area (Å²) >= 11 is 0. The first-order valence-corrected chi connectivity index (χ1v) is 7.18. The Hall–Kier alpha value is -0.380. The van der Waals surface area contributed by atoms with Crippen LogP contribution in [0.25, 0.3) is 0 Å². The predicted octanol–water partition coefficient (Wildman–Crippen LogP) is 2.15. The largest absolute Gasteiger partial charge is 0.379 e. The second kappa shape index (κ2) is 8.68. The zero-order valence-electron chi connectivity index (χ0n) is 12.5. The van der Waals surface area contributed by atoms with Gasteiger partial charge in [-0.1, -0.05) is 18.6 Å². The molecule has 1 aliphatic carbocycles. The van der Waals surface area contributed by atoms with E-state index in [2.05, 4.69) is 44.2 Å². The molecule has 0 saturated carbocycles. The van der Waals surface area contributed by atoms with Crippen LogP contribution in [-0.2, 0) is 4.74 Å². The van der Waals surface area contributed by atoms with E-state index < -0.39 is 0 Å². The Labute approximate surface area is 113 Å². The number of nitrogens with one attached hydrogen (secondary N) is 1. The monoisotopic (exact) mass is 254 g/mol. The highest BCUT2D eigenvalue weighted by molar-refractivity contribution is 5.06. The molecule has 0 radical (unpaired) electrons. The SMILES string of the molecule is CC1=CC(C)CC(CNCCOCCN(C)C)C1. The number of ether oxygens (including phenoxy) is 1. The summed E-state index contributed by atoms with van der Waals surface area (Å²) in [5.41, 5.74) is 1.56. The standard InChI is InChI=1S/C15H30N2O/c1-13-9-14(2)11-15(10-13)12-16-5-7-18-8-6-17(3)4/h9,13,15-16H,5-8,10-12H2,1-4H3. The Morgan fingerprint density at radius 2 is 2.17 bits per heavy atom. The van der Waals surface area contributed by atoms with E-state index in [1.807, 2.05) is 0 Å². The van der Waals surface area contributed by atoms with Crippen LogP contribution in [0, 0.1) is 11.8 Å². The maximum atomic E-state index is 5.56. The summed E-state index contributed by atoms with van der Waals surface area (Å²) in [6.07, 6.45) is 5.01. The summed E-state index contributed by atoms with van der Waals surface area (Å²) in [6.45, 7) is 9.34. The van der Waals surface area contributed by atoms with Gasteiger partial charge in [-0.05, 0) is 52.2 Å². The minimum absolute atomic E-state index is 0.752. The Balaban J connectivity index is 1.97. The van der Waals surface area contributed by atoms with Gasteiger partial charge in [0.05, 0.1) is 13.2 Å². The van der Waals surface area contributed by atoms with Gasteiger partial charge >= 0.3 is 0 Å². The van der Waals surface area contributed by atoms with Gasteiger partial charge in [0.25, 0.3) is 0 Å². The van der Waals surface area contributed by atoms with Crippen LogP contribution < -0.4 is 5.32 Å². The van der Waals surface area contributed by atoms with Gasteiger partial charge < -0.3 is 15.0 Å². The summed E-state index contributed by atoms with van der Waals surface area (Å²) in [4.78, 5) is 2.14. The van der Waals surface area contributed by atoms with Gasteiger partial charge in [-0.3, -0.25) is 0 Å². The molecule has 0 spiro atoms. The third-order valence-corrected chi connectivity index (χ3v) is 3.42. The summed E-state index contributed by atoms with van der Waals surface area (Å²) < 4.78 is 5.56. The van der Waals surface area contributed by atoms with Crippen molar-refractivity contribution in [2.45, 2.75) is 26.7 Å². The first-order chi connectivity index (χ1) is 8.58. The Morgan fingerprint density at radius 1 is 1.39 bits per heavy atom. The van der Waals surface area contributed by atoms with Crippen molar-refractivity contribution in [3.05, 3.63) is 11.6 Å². The minimum Gasteiger partial charge on any atom is -0.379 e. The van der Waals surface area contributed by atoms with E-state index >= 15 is 0 Å². The molecule has 106 valence electrons. The average Bonchev–Trinajstić information content (AvgIpc) is 2.26. The molecule has 0 fully saturated rings. The Kier molecular flexibility index (Phi) is 7.56.